The second-order valence-electron chi connectivity index (χ2n) is 3.48. The first kappa shape index (κ1) is 10.4. The lowest BCUT2D eigenvalue weighted by molar-refractivity contribution is 0.121. The van der Waals surface area contributed by atoms with E-state index >= 15 is 0 Å². The van der Waals surface area contributed by atoms with E-state index in [4.69, 9.17) is 15.0 Å². The third-order valence-electron chi connectivity index (χ3n) is 2.35. The zero-order chi connectivity index (χ0) is 10.5. The molecule has 2 rings (SSSR count). The molecule has 0 aromatic carbocycles. The minimum atomic E-state index is 0.648. The van der Waals surface area contributed by atoms with Crippen molar-refractivity contribution in [3.63, 3.8) is 0 Å². The molecule has 2 N–H and O–H groups in total. The summed E-state index contributed by atoms with van der Waals surface area (Å²) in [5.41, 5.74) is 5.41. The van der Waals surface area contributed by atoms with Crippen LogP contribution in [-0.4, -0.2) is 43.0 Å². The van der Waals surface area contributed by atoms with Crippen molar-refractivity contribution in [3.05, 3.63) is 5.89 Å². The Labute approximate surface area is 88.4 Å². The van der Waals surface area contributed by atoms with E-state index in [1.54, 1.807) is 0 Å². The van der Waals surface area contributed by atoms with Gasteiger partial charge in [-0.3, -0.25) is 0 Å². The van der Waals surface area contributed by atoms with Gasteiger partial charge in [-0.25, -0.2) is 0 Å². The maximum absolute atomic E-state index is 5.41. The fraction of sp³-hybridized carbons (Fsp3) is 0.778. The highest BCUT2D eigenvalue weighted by Gasteiger charge is 2.16. The molecule has 1 aliphatic rings. The lowest BCUT2D eigenvalue weighted by Gasteiger charge is -2.24. The summed E-state index contributed by atoms with van der Waals surface area (Å²) in [6, 6.07) is 0. The summed E-state index contributed by atoms with van der Waals surface area (Å²) in [6.45, 7) is 3.76. The van der Waals surface area contributed by atoms with Gasteiger partial charge in [0.25, 0.3) is 5.95 Å². The predicted molar refractivity (Wildman–Crippen MR) is 54.7 cm³/mol. The molecule has 0 unspecified atom stereocenters. The van der Waals surface area contributed by atoms with Crippen LogP contribution < -0.4 is 10.6 Å². The van der Waals surface area contributed by atoms with Gasteiger partial charge in [-0.1, -0.05) is 0 Å². The maximum atomic E-state index is 5.41. The Hall–Kier alpha value is -1.14. The molecule has 1 aromatic heterocycles. The molecule has 84 valence electrons. The van der Waals surface area contributed by atoms with Gasteiger partial charge in [0.15, 0.2) is 0 Å². The molecule has 1 aromatic rings. The topological polar surface area (TPSA) is 77.4 Å². The summed E-state index contributed by atoms with van der Waals surface area (Å²) in [7, 11) is 0. The van der Waals surface area contributed by atoms with E-state index < -0.39 is 0 Å². The molecule has 15 heavy (non-hydrogen) atoms. The van der Waals surface area contributed by atoms with Crippen molar-refractivity contribution in [1.82, 2.24) is 10.1 Å². The van der Waals surface area contributed by atoms with Crippen LogP contribution in [0.5, 0.6) is 0 Å². The molecule has 1 saturated heterocycles. The van der Waals surface area contributed by atoms with E-state index in [9.17, 15) is 0 Å². The van der Waals surface area contributed by atoms with E-state index in [0.29, 0.717) is 18.4 Å². The number of aryl methyl sites for hydroxylation is 1. The Balaban J connectivity index is 1.93. The standard InChI is InChI=1S/C9H16N4O2/c10-3-1-2-8-11-9(12-15-8)13-4-6-14-7-5-13/h1-7,10H2. The van der Waals surface area contributed by atoms with Crippen LogP contribution in [0.25, 0.3) is 0 Å². The van der Waals surface area contributed by atoms with Crippen LogP contribution in [0.1, 0.15) is 12.3 Å². The summed E-state index contributed by atoms with van der Waals surface area (Å²) in [5, 5.41) is 3.94. The molecule has 0 spiro atoms. The zero-order valence-electron chi connectivity index (χ0n) is 8.69. The summed E-state index contributed by atoms with van der Waals surface area (Å²) < 4.78 is 10.4. The highest BCUT2D eigenvalue weighted by atomic mass is 16.5. The quantitative estimate of drug-likeness (QED) is 0.744. The van der Waals surface area contributed by atoms with Gasteiger partial charge in [0.1, 0.15) is 0 Å². The minimum absolute atomic E-state index is 0.648. The van der Waals surface area contributed by atoms with Crippen LogP contribution in [0.15, 0.2) is 4.52 Å². The number of rotatable bonds is 4. The monoisotopic (exact) mass is 212 g/mol. The minimum Gasteiger partial charge on any atom is -0.378 e. The van der Waals surface area contributed by atoms with Crippen molar-refractivity contribution in [3.8, 4) is 0 Å². The van der Waals surface area contributed by atoms with Gasteiger partial charge in [-0.2, -0.15) is 4.98 Å². The van der Waals surface area contributed by atoms with Crippen molar-refractivity contribution >= 4 is 5.95 Å². The van der Waals surface area contributed by atoms with Crippen molar-refractivity contribution in [1.29, 1.82) is 0 Å². The molecule has 0 radical (unpaired) electrons. The van der Waals surface area contributed by atoms with Crippen LogP contribution in [0.2, 0.25) is 0 Å². The molecule has 1 fully saturated rings. The molecule has 2 heterocycles. The number of nitrogens with two attached hydrogens (primary N) is 1. The SMILES string of the molecule is NCCCc1nc(N2CCOCC2)no1. The van der Waals surface area contributed by atoms with Crippen LogP contribution in [0, 0.1) is 0 Å². The van der Waals surface area contributed by atoms with Crippen molar-refractivity contribution in [2.24, 2.45) is 5.73 Å². The van der Waals surface area contributed by atoms with E-state index in [0.717, 1.165) is 39.1 Å². The summed E-state index contributed by atoms with van der Waals surface area (Å²) in [6.07, 6.45) is 1.64. The molecule has 6 nitrogen and oxygen atoms in total. The first-order valence-electron chi connectivity index (χ1n) is 5.25. The second kappa shape index (κ2) is 5.09. The van der Waals surface area contributed by atoms with Crippen LogP contribution >= 0.6 is 0 Å². The molecule has 6 heteroatoms. The van der Waals surface area contributed by atoms with Crippen molar-refractivity contribution in [2.45, 2.75) is 12.8 Å². The first-order chi connectivity index (χ1) is 7.40. The maximum Gasteiger partial charge on any atom is 0.266 e. The van der Waals surface area contributed by atoms with E-state index in [1.165, 1.54) is 0 Å². The third kappa shape index (κ3) is 2.66. The Morgan fingerprint density at radius 1 is 1.33 bits per heavy atom. The normalized spacial score (nSPS) is 17.0. The number of ether oxygens (including phenoxy) is 1. The van der Waals surface area contributed by atoms with E-state index in [2.05, 4.69) is 15.0 Å². The lowest BCUT2D eigenvalue weighted by atomic mass is 10.3. The average molecular weight is 212 g/mol. The molecule has 1 aliphatic heterocycles. The largest absolute Gasteiger partial charge is 0.378 e. The van der Waals surface area contributed by atoms with Gasteiger partial charge in [0.05, 0.1) is 13.2 Å². The Morgan fingerprint density at radius 3 is 2.87 bits per heavy atom. The Kier molecular flexibility index (Phi) is 3.52. The fourth-order valence-electron chi connectivity index (χ4n) is 1.49. The molecule has 0 saturated carbocycles. The van der Waals surface area contributed by atoms with Gasteiger partial charge < -0.3 is 19.9 Å². The summed E-state index contributed by atoms with van der Waals surface area (Å²) in [4.78, 5) is 6.38. The van der Waals surface area contributed by atoms with E-state index in [1.807, 2.05) is 0 Å². The smallest absolute Gasteiger partial charge is 0.266 e. The second-order valence-corrected chi connectivity index (χ2v) is 3.48. The van der Waals surface area contributed by atoms with E-state index in [-0.39, 0.29) is 0 Å². The number of morpholine rings is 1. The molecule has 0 amide bonds. The van der Waals surface area contributed by atoms with Crippen LogP contribution in [0.3, 0.4) is 0 Å². The highest BCUT2D eigenvalue weighted by molar-refractivity contribution is 5.27. The lowest BCUT2D eigenvalue weighted by Crippen LogP contribution is -2.36. The van der Waals surface area contributed by atoms with Crippen LogP contribution in [-0.2, 0) is 11.2 Å². The van der Waals surface area contributed by atoms with Gasteiger partial charge >= 0.3 is 0 Å². The van der Waals surface area contributed by atoms with Gasteiger partial charge in [0.2, 0.25) is 5.89 Å². The summed E-state index contributed by atoms with van der Waals surface area (Å²) in [5.74, 6) is 1.34. The number of nitrogens with zero attached hydrogens (tertiary/aromatic N) is 3. The molecule has 0 aliphatic carbocycles. The van der Waals surface area contributed by atoms with Crippen molar-refractivity contribution < 1.29 is 9.26 Å². The fourth-order valence-corrected chi connectivity index (χ4v) is 1.49. The summed E-state index contributed by atoms with van der Waals surface area (Å²) >= 11 is 0. The Bertz CT molecular complexity index is 296. The number of aromatic nitrogens is 2. The Morgan fingerprint density at radius 2 is 2.13 bits per heavy atom. The predicted octanol–water partition coefficient (Wildman–Crippen LogP) is -0.203. The molecule has 0 atom stereocenters. The van der Waals surface area contributed by atoms with Gasteiger partial charge in [0, 0.05) is 19.5 Å². The van der Waals surface area contributed by atoms with Gasteiger partial charge in [-0.15, -0.1) is 0 Å². The third-order valence-corrected chi connectivity index (χ3v) is 2.35. The molecular formula is C9H16N4O2. The molecule has 0 bridgehead atoms. The van der Waals surface area contributed by atoms with Gasteiger partial charge in [-0.05, 0) is 18.1 Å². The number of hydrogen-bond acceptors (Lipinski definition) is 6. The highest BCUT2D eigenvalue weighted by Crippen LogP contribution is 2.11. The number of hydrogen-bond donors (Lipinski definition) is 1. The first-order valence-corrected chi connectivity index (χ1v) is 5.25. The molecular weight excluding hydrogens is 196 g/mol. The van der Waals surface area contributed by atoms with Crippen molar-refractivity contribution in [2.75, 3.05) is 37.7 Å². The number of anilines is 1. The van der Waals surface area contributed by atoms with Crippen LogP contribution in [0.4, 0.5) is 5.95 Å². The average Bonchev–Trinajstić information content (AvgIpc) is 2.76. The zero-order valence-corrected chi connectivity index (χ0v) is 8.69.